The number of nitrogens with one attached hydrogen (secondary N) is 1. The highest BCUT2D eigenvalue weighted by atomic mass is 19.4. The predicted molar refractivity (Wildman–Crippen MR) is 46.9 cm³/mol. The zero-order valence-corrected chi connectivity index (χ0v) is 8.25. The Morgan fingerprint density at radius 1 is 1.31 bits per heavy atom. The lowest BCUT2D eigenvalue weighted by Gasteiger charge is -2.00. The summed E-state index contributed by atoms with van der Waals surface area (Å²) in [5, 5.41) is 18.6. The number of hydrogen-bond acceptors (Lipinski definition) is 3. The highest BCUT2D eigenvalue weighted by Gasteiger charge is 2.38. The molecule has 1 heterocycles. The van der Waals surface area contributed by atoms with E-state index in [1.165, 1.54) is 0 Å². The van der Waals surface area contributed by atoms with E-state index in [1.54, 1.807) is 0 Å². The minimum Gasteiger partial charge on any atom is -0.481 e. The summed E-state index contributed by atoms with van der Waals surface area (Å²) in [6.45, 7) is 1.87. The van der Waals surface area contributed by atoms with E-state index in [0.29, 0.717) is 12.3 Å². The molecule has 1 saturated heterocycles. The molecule has 0 aromatic heterocycles. The Balaban J connectivity index is 0.000000293. The zero-order chi connectivity index (χ0) is 12.8. The van der Waals surface area contributed by atoms with Crippen molar-refractivity contribution < 1.29 is 33.0 Å². The topological polar surface area (TPSA) is 86.6 Å². The minimum absolute atomic E-state index is 0.326. The molecule has 3 N–H and O–H groups in total. The van der Waals surface area contributed by atoms with Crippen LogP contribution >= 0.6 is 0 Å². The summed E-state index contributed by atoms with van der Waals surface area (Å²) in [6, 6.07) is 0. The molecule has 0 unspecified atom stereocenters. The normalized spacial score (nSPS) is 19.8. The van der Waals surface area contributed by atoms with Gasteiger partial charge in [0.25, 0.3) is 0 Å². The molecular formula is C8H12F3NO4. The van der Waals surface area contributed by atoms with Crippen LogP contribution in [0, 0.1) is 5.92 Å². The highest BCUT2D eigenvalue weighted by molar-refractivity contribution is 5.73. The molecular weight excluding hydrogens is 231 g/mol. The zero-order valence-electron chi connectivity index (χ0n) is 8.25. The Kier molecular flexibility index (Phi) is 5.79. The molecule has 94 valence electrons. The van der Waals surface area contributed by atoms with Crippen LogP contribution in [0.5, 0.6) is 0 Å². The van der Waals surface area contributed by atoms with Gasteiger partial charge in [-0.05, 0) is 25.4 Å². The first kappa shape index (κ1) is 14.7. The Bertz CT molecular complexity index is 248. The summed E-state index contributed by atoms with van der Waals surface area (Å²) in [5.41, 5.74) is 0. The number of rotatable bonds is 2. The monoisotopic (exact) mass is 243 g/mol. The van der Waals surface area contributed by atoms with Crippen molar-refractivity contribution in [2.24, 2.45) is 5.92 Å². The maximum Gasteiger partial charge on any atom is 0.490 e. The Morgan fingerprint density at radius 2 is 1.81 bits per heavy atom. The molecule has 0 radical (unpaired) electrons. The quantitative estimate of drug-likeness (QED) is 0.664. The summed E-state index contributed by atoms with van der Waals surface area (Å²) < 4.78 is 31.7. The van der Waals surface area contributed by atoms with Crippen molar-refractivity contribution in [1.29, 1.82) is 0 Å². The van der Waals surface area contributed by atoms with Crippen molar-refractivity contribution >= 4 is 11.9 Å². The largest absolute Gasteiger partial charge is 0.490 e. The molecule has 1 fully saturated rings. The fourth-order valence-electron chi connectivity index (χ4n) is 1.14. The fourth-order valence-corrected chi connectivity index (χ4v) is 1.14. The number of aliphatic carboxylic acids is 2. The second-order valence-corrected chi connectivity index (χ2v) is 3.26. The maximum atomic E-state index is 10.6. The van der Waals surface area contributed by atoms with E-state index >= 15 is 0 Å². The van der Waals surface area contributed by atoms with Crippen molar-refractivity contribution in [1.82, 2.24) is 5.32 Å². The average molecular weight is 243 g/mol. The van der Waals surface area contributed by atoms with Crippen LogP contribution in [0.4, 0.5) is 13.2 Å². The molecule has 0 amide bonds. The summed E-state index contributed by atoms with van der Waals surface area (Å²) in [4.78, 5) is 19.0. The molecule has 16 heavy (non-hydrogen) atoms. The smallest absolute Gasteiger partial charge is 0.481 e. The van der Waals surface area contributed by atoms with Crippen LogP contribution in [0.1, 0.15) is 12.8 Å². The number of carboxylic acid groups (broad SMARTS) is 2. The third kappa shape index (κ3) is 7.04. The Morgan fingerprint density at radius 3 is 2.06 bits per heavy atom. The van der Waals surface area contributed by atoms with E-state index in [4.69, 9.17) is 15.0 Å². The van der Waals surface area contributed by atoms with Gasteiger partial charge in [-0.15, -0.1) is 0 Å². The molecule has 1 aliphatic rings. The summed E-state index contributed by atoms with van der Waals surface area (Å²) in [7, 11) is 0. The van der Waals surface area contributed by atoms with Gasteiger partial charge in [-0.1, -0.05) is 0 Å². The predicted octanol–water partition coefficient (Wildman–Crippen LogP) is 0.704. The maximum absolute atomic E-state index is 10.6. The molecule has 0 saturated carbocycles. The molecule has 5 nitrogen and oxygen atoms in total. The lowest BCUT2D eigenvalue weighted by atomic mass is 10.1. The minimum atomic E-state index is -5.08. The first-order valence-corrected chi connectivity index (χ1v) is 4.46. The molecule has 0 spiro atoms. The van der Waals surface area contributed by atoms with Gasteiger partial charge in [0, 0.05) is 6.42 Å². The molecule has 8 heteroatoms. The van der Waals surface area contributed by atoms with Gasteiger partial charge >= 0.3 is 18.1 Å². The van der Waals surface area contributed by atoms with Crippen LogP contribution in [0.3, 0.4) is 0 Å². The van der Waals surface area contributed by atoms with E-state index in [9.17, 15) is 18.0 Å². The van der Waals surface area contributed by atoms with E-state index in [0.717, 1.165) is 19.5 Å². The summed E-state index contributed by atoms with van der Waals surface area (Å²) in [6.07, 6.45) is -3.74. The Hall–Kier alpha value is -1.31. The number of halogens is 3. The average Bonchev–Trinajstić information content (AvgIpc) is 2.54. The van der Waals surface area contributed by atoms with Gasteiger partial charge in [0.1, 0.15) is 0 Å². The van der Waals surface area contributed by atoms with E-state index in [1.807, 2.05) is 0 Å². The van der Waals surface area contributed by atoms with Gasteiger partial charge in [-0.25, -0.2) is 4.79 Å². The molecule has 0 aliphatic carbocycles. The summed E-state index contributed by atoms with van der Waals surface area (Å²) >= 11 is 0. The molecule has 0 aromatic rings. The Labute approximate surface area is 89.3 Å². The molecule has 1 aliphatic heterocycles. The van der Waals surface area contributed by atoms with Crippen LogP contribution in [0.15, 0.2) is 0 Å². The SMILES string of the molecule is O=C(O)C(F)(F)F.O=C(O)C[C@H]1CCNC1. The number of alkyl halides is 3. The van der Waals surface area contributed by atoms with Crippen LogP contribution in [-0.2, 0) is 9.59 Å². The van der Waals surface area contributed by atoms with Gasteiger partial charge in [0.2, 0.25) is 0 Å². The first-order chi connectivity index (χ1) is 7.23. The van der Waals surface area contributed by atoms with Crippen LogP contribution < -0.4 is 5.32 Å². The second-order valence-electron chi connectivity index (χ2n) is 3.26. The molecule has 0 bridgehead atoms. The van der Waals surface area contributed by atoms with Gasteiger partial charge < -0.3 is 15.5 Å². The van der Waals surface area contributed by atoms with Crippen molar-refractivity contribution in [3.05, 3.63) is 0 Å². The van der Waals surface area contributed by atoms with Crippen molar-refractivity contribution in [2.45, 2.75) is 19.0 Å². The third-order valence-corrected chi connectivity index (χ3v) is 1.87. The highest BCUT2D eigenvalue weighted by Crippen LogP contribution is 2.13. The van der Waals surface area contributed by atoms with Gasteiger partial charge in [0.15, 0.2) is 0 Å². The third-order valence-electron chi connectivity index (χ3n) is 1.87. The number of hydrogen-bond donors (Lipinski definition) is 3. The lowest BCUT2D eigenvalue weighted by molar-refractivity contribution is -0.192. The van der Waals surface area contributed by atoms with Gasteiger partial charge in [0.05, 0.1) is 0 Å². The van der Waals surface area contributed by atoms with E-state index in [2.05, 4.69) is 5.32 Å². The number of carbonyl (C=O) groups is 2. The first-order valence-electron chi connectivity index (χ1n) is 4.46. The van der Waals surface area contributed by atoms with Crippen molar-refractivity contribution in [2.75, 3.05) is 13.1 Å². The van der Waals surface area contributed by atoms with E-state index < -0.39 is 18.1 Å². The summed E-state index contributed by atoms with van der Waals surface area (Å²) in [5.74, 6) is -3.06. The van der Waals surface area contributed by atoms with Crippen LogP contribution in [0.25, 0.3) is 0 Å². The number of carboxylic acids is 2. The standard InChI is InChI=1S/C6H11NO2.C2HF3O2/c8-6(9)3-5-1-2-7-4-5;3-2(4,5)1(6)7/h5,7H,1-4H2,(H,8,9);(H,6,7)/t5-;/m1./s1. The van der Waals surface area contributed by atoms with Crippen molar-refractivity contribution in [3.63, 3.8) is 0 Å². The van der Waals surface area contributed by atoms with Crippen LogP contribution in [0.2, 0.25) is 0 Å². The van der Waals surface area contributed by atoms with Gasteiger partial charge in [-0.2, -0.15) is 13.2 Å². The lowest BCUT2D eigenvalue weighted by Crippen LogP contribution is -2.21. The van der Waals surface area contributed by atoms with Crippen molar-refractivity contribution in [3.8, 4) is 0 Å². The molecule has 1 atom stereocenters. The molecule has 0 aromatic carbocycles. The molecule has 1 rings (SSSR count). The fraction of sp³-hybridized carbons (Fsp3) is 0.750. The van der Waals surface area contributed by atoms with Crippen LogP contribution in [-0.4, -0.2) is 41.4 Å². The van der Waals surface area contributed by atoms with E-state index in [-0.39, 0.29) is 0 Å². The second kappa shape index (κ2) is 6.31. The van der Waals surface area contributed by atoms with Gasteiger partial charge in [-0.3, -0.25) is 4.79 Å².